The second kappa shape index (κ2) is 8.72. The standard InChI is InChI=1S/C18H20F3N3O3/c1-11-4-5-12(27-11)8-24(3)16(26)10-23(2)9-15(25)22-14-7-6-13(19)17(20)18(14)21/h4-7H,8-10H2,1-3H3,(H,22,25)/p+1. The van der Waals surface area contributed by atoms with Crippen LogP contribution in [0.1, 0.15) is 11.5 Å². The minimum Gasteiger partial charge on any atom is -0.464 e. The lowest BCUT2D eigenvalue weighted by atomic mass is 10.2. The fourth-order valence-electron chi connectivity index (χ4n) is 2.44. The monoisotopic (exact) mass is 384 g/mol. The molecule has 0 fully saturated rings. The van der Waals surface area contributed by atoms with Gasteiger partial charge in [-0.25, -0.2) is 13.2 Å². The molecule has 0 saturated heterocycles. The molecule has 0 bridgehead atoms. The van der Waals surface area contributed by atoms with Gasteiger partial charge in [0.2, 0.25) is 0 Å². The number of hydrogen-bond acceptors (Lipinski definition) is 3. The van der Waals surface area contributed by atoms with Crippen molar-refractivity contribution in [1.29, 1.82) is 0 Å². The lowest BCUT2D eigenvalue weighted by Crippen LogP contribution is -3.11. The van der Waals surface area contributed by atoms with E-state index in [4.69, 9.17) is 4.42 Å². The number of furan rings is 1. The van der Waals surface area contributed by atoms with Crippen molar-refractivity contribution in [3.05, 3.63) is 53.2 Å². The topological polar surface area (TPSA) is 67.0 Å². The Morgan fingerprint density at radius 3 is 2.44 bits per heavy atom. The zero-order valence-electron chi connectivity index (χ0n) is 15.2. The Hall–Kier alpha value is -2.81. The molecule has 2 rings (SSSR count). The van der Waals surface area contributed by atoms with Crippen molar-refractivity contribution < 1.29 is 32.1 Å². The van der Waals surface area contributed by atoms with E-state index < -0.39 is 29.0 Å². The molecular formula is C18H21F3N3O3+. The number of halogens is 3. The van der Waals surface area contributed by atoms with Crippen LogP contribution < -0.4 is 10.2 Å². The molecule has 2 N–H and O–H groups in total. The first kappa shape index (κ1) is 20.5. The van der Waals surface area contributed by atoms with Crippen molar-refractivity contribution in [2.45, 2.75) is 13.5 Å². The zero-order valence-corrected chi connectivity index (χ0v) is 15.2. The third kappa shape index (κ3) is 5.58. The highest BCUT2D eigenvalue weighted by Crippen LogP contribution is 2.19. The molecule has 1 aromatic carbocycles. The Labute approximate surface area is 154 Å². The van der Waals surface area contributed by atoms with Gasteiger partial charge >= 0.3 is 0 Å². The van der Waals surface area contributed by atoms with Gasteiger partial charge in [0.1, 0.15) is 11.5 Å². The van der Waals surface area contributed by atoms with Crippen molar-refractivity contribution in [2.75, 3.05) is 32.5 Å². The van der Waals surface area contributed by atoms with E-state index in [1.165, 1.54) is 4.90 Å². The molecule has 0 saturated carbocycles. The first-order chi connectivity index (χ1) is 12.7. The third-order valence-electron chi connectivity index (χ3n) is 3.84. The van der Waals surface area contributed by atoms with Gasteiger partial charge < -0.3 is 19.5 Å². The van der Waals surface area contributed by atoms with E-state index in [1.807, 2.05) is 0 Å². The maximum absolute atomic E-state index is 13.6. The van der Waals surface area contributed by atoms with E-state index in [9.17, 15) is 22.8 Å². The number of likely N-dealkylation sites (N-methyl/N-ethyl adjacent to an activating group) is 2. The van der Waals surface area contributed by atoms with Crippen molar-refractivity contribution in [3.63, 3.8) is 0 Å². The van der Waals surface area contributed by atoms with Crippen molar-refractivity contribution in [3.8, 4) is 0 Å². The number of quaternary nitrogens is 1. The number of hydrogen-bond donors (Lipinski definition) is 2. The van der Waals surface area contributed by atoms with Crippen molar-refractivity contribution in [1.82, 2.24) is 4.90 Å². The highest BCUT2D eigenvalue weighted by Gasteiger charge is 2.20. The van der Waals surface area contributed by atoms with Gasteiger partial charge in [0.25, 0.3) is 11.8 Å². The SMILES string of the molecule is Cc1ccc(CN(C)C(=O)C[NH+](C)CC(=O)Nc2ccc(F)c(F)c2F)o1. The molecule has 2 aromatic rings. The average molecular weight is 384 g/mol. The Balaban J connectivity index is 1.85. The van der Waals surface area contributed by atoms with Crippen molar-refractivity contribution in [2.24, 2.45) is 0 Å². The second-order valence-electron chi connectivity index (χ2n) is 6.34. The number of anilines is 1. The molecule has 1 aromatic heterocycles. The molecule has 6 nitrogen and oxygen atoms in total. The number of carbonyl (C=O) groups is 2. The highest BCUT2D eigenvalue weighted by molar-refractivity contribution is 5.91. The summed E-state index contributed by atoms with van der Waals surface area (Å²) in [5.41, 5.74) is -0.455. The van der Waals surface area contributed by atoms with Gasteiger partial charge in [0, 0.05) is 7.05 Å². The lowest BCUT2D eigenvalue weighted by Gasteiger charge is -2.19. The van der Waals surface area contributed by atoms with Crippen LogP contribution in [0.2, 0.25) is 0 Å². The highest BCUT2D eigenvalue weighted by atomic mass is 19.2. The second-order valence-corrected chi connectivity index (χ2v) is 6.34. The summed E-state index contributed by atoms with van der Waals surface area (Å²) < 4.78 is 45.1. The lowest BCUT2D eigenvalue weighted by molar-refractivity contribution is -0.862. The number of carbonyl (C=O) groups excluding carboxylic acids is 2. The molecule has 0 aliphatic heterocycles. The molecule has 0 radical (unpaired) electrons. The summed E-state index contributed by atoms with van der Waals surface area (Å²) in [5, 5.41) is 2.17. The Kier molecular flexibility index (Phi) is 6.62. The molecular weight excluding hydrogens is 363 g/mol. The molecule has 27 heavy (non-hydrogen) atoms. The summed E-state index contributed by atoms with van der Waals surface area (Å²) in [6, 6.07) is 5.23. The van der Waals surface area contributed by atoms with E-state index in [1.54, 1.807) is 33.2 Å². The van der Waals surface area contributed by atoms with Crippen LogP contribution in [-0.4, -0.2) is 43.9 Å². The van der Waals surface area contributed by atoms with Crippen LogP contribution >= 0.6 is 0 Å². The summed E-state index contributed by atoms with van der Waals surface area (Å²) >= 11 is 0. The Morgan fingerprint density at radius 1 is 1.11 bits per heavy atom. The van der Waals surface area contributed by atoms with Crippen LogP contribution in [0.5, 0.6) is 0 Å². The molecule has 2 amide bonds. The Bertz CT molecular complexity index is 838. The number of aryl methyl sites for hydroxylation is 1. The first-order valence-corrected chi connectivity index (χ1v) is 8.21. The smallest absolute Gasteiger partial charge is 0.279 e. The molecule has 9 heteroatoms. The van der Waals surface area contributed by atoms with Gasteiger partial charge in [-0.3, -0.25) is 9.59 Å². The number of nitrogens with one attached hydrogen (secondary N) is 2. The van der Waals surface area contributed by atoms with E-state index >= 15 is 0 Å². The molecule has 1 heterocycles. The van der Waals surface area contributed by atoms with Crippen LogP contribution in [0, 0.1) is 24.4 Å². The predicted octanol–water partition coefficient (Wildman–Crippen LogP) is 1.12. The molecule has 1 atom stereocenters. The number of nitrogens with zero attached hydrogens (tertiary/aromatic N) is 1. The maximum Gasteiger partial charge on any atom is 0.279 e. The molecule has 146 valence electrons. The Morgan fingerprint density at radius 2 is 1.81 bits per heavy atom. The molecule has 1 unspecified atom stereocenters. The minimum absolute atomic E-state index is 0.0177. The fourth-order valence-corrected chi connectivity index (χ4v) is 2.44. The summed E-state index contributed by atoms with van der Waals surface area (Å²) in [4.78, 5) is 26.2. The van der Waals surface area contributed by atoms with Gasteiger partial charge in [0.05, 0.1) is 19.3 Å². The van der Waals surface area contributed by atoms with Crippen LogP contribution in [0.25, 0.3) is 0 Å². The number of rotatable bonds is 7. The van der Waals surface area contributed by atoms with Gasteiger partial charge in [0.15, 0.2) is 30.5 Å². The molecule has 0 aliphatic rings. The number of amides is 2. The van der Waals surface area contributed by atoms with Crippen LogP contribution in [0.4, 0.5) is 18.9 Å². The van der Waals surface area contributed by atoms with E-state index in [0.717, 1.165) is 17.9 Å². The van der Waals surface area contributed by atoms with E-state index in [-0.39, 0.29) is 19.0 Å². The molecule has 0 spiro atoms. The maximum atomic E-state index is 13.6. The van der Waals surface area contributed by atoms with Gasteiger partial charge in [-0.1, -0.05) is 0 Å². The normalized spacial score (nSPS) is 11.9. The van der Waals surface area contributed by atoms with Gasteiger partial charge in [-0.05, 0) is 31.2 Å². The summed E-state index contributed by atoms with van der Waals surface area (Å²) in [6.45, 7) is 1.96. The third-order valence-corrected chi connectivity index (χ3v) is 3.84. The van der Waals surface area contributed by atoms with Crippen LogP contribution in [0.3, 0.4) is 0 Å². The molecule has 0 aliphatic carbocycles. The summed E-state index contributed by atoms with van der Waals surface area (Å²) in [5.74, 6) is -3.91. The van der Waals surface area contributed by atoms with E-state index in [0.29, 0.717) is 17.2 Å². The number of benzene rings is 1. The van der Waals surface area contributed by atoms with Crippen LogP contribution in [-0.2, 0) is 16.1 Å². The summed E-state index contributed by atoms with van der Waals surface area (Å²) in [7, 11) is 3.23. The quantitative estimate of drug-likeness (QED) is 0.703. The summed E-state index contributed by atoms with van der Waals surface area (Å²) in [6.07, 6.45) is 0. The predicted molar refractivity (Wildman–Crippen MR) is 91.5 cm³/mol. The van der Waals surface area contributed by atoms with E-state index in [2.05, 4.69) is 5.32 Å². The van der Waals surface area contributed by atoms with Gasteiger partial charge in [-0.15, -0.1) is 0 Å². The zero-order chi connectivity index (χ0) is 20.1. The minimum atomic E-state index is -1.65. The van der Waals surface area contributed by atoms with Crippen molar-refractivity contribution >= 4 is 17.5 Å². The fraction of sp³-hybridized carbons (Fsp3) is 0.333. The first-order valence-electron chi connectivity index (χ1n) is 8.21. The average Bonchev–Trinajstić information content (AvgIpc) is 3.00. The van der Waals surface area contributed by atoms with Crippen LogP contribution in [0.15, 0.2) is 28.7 Å². The largest absolute Gasteiger partial charge is 0.464 e. The van der Waals surface area contributed by atoms with Gasteiger partial charge in [-0.2, -0.15) is 0 Å².